The molecule has 2 N–H and O–H groups in total. The van der Waals surface area contributed by atoms with Crippen LogP contribution in [0, 0.1) is 0 Å². The van der Waals surface area contributed by atoms with E-state index in [0.29, 0.717) is 5.95 Å². The summed E-state index contributed by atoms with van der Waals surface area (Å²) in [6.45, 7) is 2.01. The average Bonchev–Trinajstić information content (AvgIpc) is 2.98. The normalized spacial score (nSPS) is 16.9. The molecule has 1 atom stereocenters. The van der Waals surface area contributed by atoms with Crippen LogP contribution in [-0.2, 0) is 0 Å². The van der Waals surface area contributed by atoms with E-state index in [2.05, 4.69) is 26.6 Å². The molecule has 0 aliphatic carbocycles. The monoisotopic (exact) mass is 304 g/mol. The van der Waals surface area contributed by atoms with E-state index in [1.165, 1.54) is 0 Å². The highest BCUT2D eigenvalue weighted by atomic mass is 16.5. The Kier molecular flexibility index (Phi) is 3.31. The van der Waals surface area contributed by atoms with Gasteiger partial charge in [-0.1, -0.05) is 30.3 Å². The van der Waals surface area contributed by atoms with E-state index >= 15 is 0 Å². The number of ether oxygens (including phenoxy) is 1. The van der Waals surface area contributed by atoms with E-state index in [0.717, 1.165) is 27.9 Å². The van der Waals surface area contributed by atoms with Crippen LogP contribution in [0.25, 0.3) is 17.1 Å². The summed E-state index contributed by atoms with van der Waals surface area (Å²) in [5, 5.41) is 4.27. The number of anilines is 1. The third-order valence-corrected chi connectivity index (χ3v) is 3.79. The molecule has 4 rings (SSSR count). The Bertz CT molecular complexity index is 877. The number of imidazole rings is 1. The zero-order chi connectivity index (χ0) is 15.6. The molecule has 2 aromatic carbocycles. The summed E-state index contributed by atoms with van der Waals surface area (Å²) in [6, 6.07) is 15.8. The van der Waals surface area contributed by atoms with Crippen LogP contribution >= 0.6 is 0 Å². The van der Waals surface area contributed by atoms with Crippen LogP contribution < -0.4 is 10.2 Å². The summed E-state index contributed by atoms with van der Waals surface area (Å²) < 4.78 is 5.88. The summed E-state index contributed by atoms with van der Waals surface area (Å²) in [4.78, 5) is 7.59. The first-order valence-corrected chi connectivity index (χ1v) is 7.51. The van der Waals surface area contributed by atoms with Crippen molar-refractivity contribution in [2.24, 2.45) is 5.10 Å². The molecule has 1 aromatic heterocycles. The Hall–Kier alpha value is -3.08. The quantitative estimate of drug-likeness (QED) is 0.571. The number of nitrogens with one attached hydrogen (secondary N) is 2. The first-order valence-electron chi connectivity index (χ1n) is 7.51. The maximum Gasteiger partial charge on any atom is 0.222 e. The van der Waals surface area contributed by atoms with Gasteiger partial charge >= 0.3 is 0 Å². The van der Waals surface area contributed by atoms with E-state index in [1.807, 2.05) is 55.5 Å². The zero-order valence-electron chi connectivity index (χ0n) is 12.7. The average molecular weight is 304 g/mol. The molecular formula is C18H16N4O. The fraction of sp³-hybridized carbons (Fsp3) is 0.111. The predicted molar refractivity (Wildman–Crippen MR) is 92.7 cm³/mol. The molecule has 5 heteroatoms. The molecule has 3 aromatic rings. The number of hydrogen-bond acceptors (Lipinski definition) is 4. The van der Waals surface area contributed by atoms with Gasteiger partial charge in [0.25, 0.3) is 0 Å². The molecule has 0 bridgehead atoms. The van der Waals surface area contributed by atoms with E-state index in [-0.39, 0.29) is 6.10 Å². The topological polar surface area (TPSA) is 62.3 Å². The molecule has 0 saturated heterocycles. The maximum atomic E-state index is 5.88. The highest BCUT2D eigenvalue weighted by Crippen LogP contribution is 2.28. The first-order chi connectivity index (χ1) is 11.3. The third kappa shape index (κ3) is 2.68. The molecule has 2 heterocycles. The number of hydrogen-bond donors (Lipinski definition) is 2. The second kappa shape index (κ2) is 5.61. The fourth-order valence-corrected chi connectivity index (χ4v) is 2.58. The number of nitrogens with zero attached hydrogens (tertiary/aromatic N) is 2. The molecule has 0 radical (unpaired) electrons. The number of para-hydroxylation sites is 3. The largest absolute Gasteiger partial charge is 0.485 e. The number of aromatic amines is 1. The van der Waals surface area contributed by atoms with Crippen LogP contribution in [-0.4, -0.2) is 22.3 Å². The van der Waals surface area contributed by atoms with Crippen molar-refractivity contribution in [3.63, 3.8) is 0 Å². The minimum atomic E-state index is -0.0360. The van der Waals surface area contributed by atoms with E-state index in [1.54, 1.807) is 6.21 Å². The van der Waals surface area contributed by atoms with Crippen LogP contribution in [0.15, 0.2) is 59.2 Å². The Morgan fingerprint density at radius 3 is 2.91 bits per heavy atom. The van der Waals surface area contributed by atoms with Crippen molar-refractivity contribution in [3.05, 3.63) is 59.7 Å². The van der Waals surface area contributed by atoms with Crippen molar-refractivity contribution in [1.29, 1.82) is 0 Å². The third-order valence-electron chi connectivity index (χ3n) is 3.79. The second-order valence-corrected chi connectivity index (χ2v) is 5.41. The van der Waals surface area contributed by atoms with Gasteiger partial charge in [-0.2, -0.15) is 5.10 Å². The van der Waals surface area contributed by atoms with Crippen LogP contribution in [0.5, 0.6) is 5.75 Å². The smallest absolute Gasteiger partial charge is 0.222 e. The number of fused-ring (bicyclic) bond motifs is 2. The number of hydrazone groups is 1. The van der Waals surface area contributed by atoms with Crippen LogP contribution in [0.2, 0.25) is 0 Å². The van der Waals surface area contributed by atoms with Crippen molar-refractivity contribution in [1.82, 2.24) is 9.97 Å². The Morgan fingerprint density at radius 1 is 1.17 bits per heavy atom. The summed E-state index contributed by atoms with van der Waals surface area (Å²) in [6.07, 6.45) is 3.83. The minimum absolute atomic E-state index is 0.0360. The fourth-order valence-electron chi connectivity index (χ4n) is 2.58. The van der Waals surface area contributed by atoms with Crippen molar-refractivity contribution < 1.29 is 4.74 Å². The van der Waals surface area contributed by atoms with E-state index in [9.17, 15) is 0 Å². The first kappa shape index (κ1) is 13.6. The van der Waals surface area contributed by atoms with Gasteiger partial charge in [0.2, 0.25) is 5.95 Å². The van der Waals surface area contributed by atoms with E-state index in [4.69, 9.17) is 4.74 Å². The molecular weight excluding hydrogens is 288 g/mol. The lowest BCUT2D eigenvalue weighted by atomic mass is 10.0. The zero-order valence-corrected chi connectivity index (χ0v) is 12.7. The minimum Gasteiger partial charge on any atom is -0.485 e. The van der Waals surface area contributed by atoms with Crippen molar-refractivity contribution in [2.45, 2.75) is 13.0 Å². The van der Waals surface area contributed by atoms with E-state index < -0.39 is 0 Å². The van der Waals surface area contributed by atoms with Crippen LogP contribution in [0.1, 0.15) is 12.5 Å². The number of H-pyrrole nitrogens is 1. The SMILES string of the molecule is C[C@H]1Oc2ccccc2C=C1/C=N\Nc1nc2ccccc2[nH]1. The summed E-state index contributed by atoms with van der Waals surface area (Å²) in [7, 11) is 0. The van der Waals surface area contributed by atoms with Gasteiger partial charge in [0.05, 0.1) is 17.2 Å². The van der Waals surface area contributed by atoms with Gasteiger partial charge in [0, 0.05) is 11.1 Å². The Balaban J connectivity index is 1.53. The summed E-state index contributed by atoms with van der Waals surface area (Å²) in [5.74, 6) is 1.52. The lowest BCUT2D eigenvalue weighted by molar-refractivity contribution is 0.260. The van der Waals surface area contributed by atoms with Crippen LogP contribution in [0.3, 0.4) is 0 Å². The second-order valence-electron chi connectivity index (χ2n) is 5.41. The molecule has 0 fully saturated rings. The van der Waals surface area contributed by atoms with Gasteiger partial charge in [-0.25, -0.2) is 10.4 Å². The van der Waals surface area contributed by atoms with Gasteiger partial charge < -0.3 is 9.72 Å². The molecule has 1 aliphatic rings. The molecule has 0 amide bonds. The highest BCUT2D eigenvalue weighted by molar-refractivity contribution is 5.89. The molecule has 5 nitrogen and oxygen atoms in total. The summed E-state index contributed by atoms with van der Waals surface area (Å²) >= 11 is 0. The highest BCUT2D eigenvalue weighted by Gasteiger charge is 2.16. The number of benzene rings is 2. The van der Waals surface area contributed by atoms with Crippen molar-refractivity contribution in [3.8, 4) is 5.75 Å². The van der Waals surface area contributed by atoms with Crippen LogP contribution in [0.4, 0.5) is 5.95 Å². The molecule has 0 spiro atoms. The van der Waals surface area contributed by atoms with Gasteiger partial charge in [-0.15, -0.1) is 0 Å². The van der Waals surface area contributed by atoms with Gasteiger partial charge in [-0.3, -0.25) is 0 Å². The standard InChI is InChI=1S/C18H16N4O/c1-12-14(10-13-6-2-5-9-17(13)23-12)11-19-22-18-20-15-7-3-4-8-16(15)21-18/h2-12H,1H3,(H2,20,21,22)/b19-11-/t12-/m1/s1. The van der Waals surface area contributed by atoms with Gasteiger partial charge in [-0.05, 0) is 31.2 Å². The molecule has 0 saturated carbocycles. The predicted octanol–water partition coefficient (Wildman–Crippen LogP) is 3.83. The van der Waals surface area contributed by atoms with Gasteiger partial charge in [0.15, 0.2) is 0 Å². The Morgan fingerprint density at radius 2 is 2.00 bits per heavy atom. The van der Waals surface area contributed by atoms with Crippen molar-refractivity contribution in [2.75, 3.05) is 5.43 Å². The lowest BCUT2D eigenvalue weighted by Crippen LogP contribution is -2.19. The number of rotatable bonds is 3. The lowest BCUT2D eigenvalue weighted by Gasteiger charge is -2.22. The maximum absolute atomic E-state index is 5.88. The molecule has 1 aliphatic heterocycles. The Labute approximate surface area is 133 Å². The van der Waals surface area contributed by atoms with Crippen molar-refractivity contribution >= 4 is 29.3 Å². The molecule has 0 unspecified atom stereocenters. The number of aromatic nitrogens is 2. The molecule has 23 heavy (non-hydrogen) atoms. The molecule has 114 valence electrons. The summed E-state index contributed by atoms with van der Waals surface area (Å²) in [5.41, 5.74) is 6.89. The van der Waals surface area contributed by atoms with Gasteiger partial charge in [0.1, 0.15) is 11.9 Å².